The Kier molecular flexibility index (Phi) is 5.31. The summed E-state index contributed by atoms with van der Waals surface area (Å²) in [6.07, 6.45) is 5.81. The predicted molar refractivity (Wildman–Crippen MR) is 133 cm³/mol. The molecule has 2 fully saturated rings. The minimum absolute atomic E-state index is 0.271. The van der Waals surface area contributed by atoms with Crippen molar-refractivity contribution in [1.29, 1.82) is 5.26 Å². The van der Waals surface area contributed by atoms with Gasteiger partial charge in [0.15, 0.2) is 0 Å². The number of anilines is 2. The van der Waals surface area contributed by atoms with Crippen LogP contribution in [0.25, 0.3) is 10.9 Å². The van der Waals surface area contributed by atoms with Crippen LogP contribution in [0.1, 0.15) is 43.1 Å². The number of piperazine rings is 1. The molecule has 6 rings (SSSR count). The molecule has 2 N–H and O–H groups in total. The average Bonchev–Trinajstić information content (AvgIpc) is 3.27. The summed E-state index contributed by atoms with van der Waals surface area (Å²) in [5.41, 5.74) is 4.97. The summed E-state index contributed by atoms with van der Waals surface area (Å²) >= 11 is 0. The molecule has 0 bridgehead atoms. The quantitative estimate of drug-likeness (QED) is 0.624. The zero-order chi connectivity index (χ0) is 23.2. The van der Waals surface area contributed by atoms with Crippen LogP contribution in [-0.4, -0.2) is 64.2 Å². The van der Waals surface area contributed by atoms with Crippen LogP contribution in [0.3, 0.4) is 0 Å². The third kappa shape index (κ3) is 3.65. The molecule has 2 aromatic heterocycles. The van der Waals surface area contributed by atoms with Crippen molar-refractivity contribution in [1.82, 2.24) is 25.2 Å². The molecule has 174 valence electrons. The lowest BCUT2D eigenvalue weighted by Crippen LogP contribution is -2.55. The number of nitrogens with one attached hydrogen (secondary N) is 2. The normalized spacial score (nSPS) is 26.7. The van der Waals surface area contributed by atoms with Gasteiger partial charge in [-0.3, -0.25) is 9.88 Å². The van der Waals surface area contributed by atoms with Crippen LogP contribution in [0, 0.1) is 11.3 Å². The van der Waals surface area contributed by atoms with Crippen LogP contribution in [0.4, 0.5) is 11.6 Å². The van der Waals surface area contributed by atoms with Crippen molar-refractivity contribution in [3.63, 3.8) is 0 Å². The van der Waals surface area contributed by atoms with Gasteiger partial charge in [0.25, 0.3) is 0 Å². The third-order valence-electron chi connectivity index (χ3n) is 7.63. The zero-order valence-electron chi connectivity index (χ0n) is 19.7. The summed E-state index contributed by atoms with van der Waals surface area (Å²) in [5.74, 6) is 0.743. The monoisotopic (exact) mass is 454 g/mol. The molecular formula is C26H30N8. The van der Waals surface area contributed by atoms with E-state index in [4.69, 9.17) is 4.98 Å². The molecule has 8 nitrogen and oxygen atoms in total. The average molecular weight is 455 g/mol. The Hall–Kier alpha value is -3.28. The minimum Gasteiger partial charge on any atom is -0.368 e. The van der Waals surface area contributed by atoms with Crippen LogP contribution in [-0.2, 0) is 6.42 Å². The first-order valence-electron chi connectivity index (χ1n) is 12.2. The number of pyridine rings is 1. The maximum atomic E-state index is 9.50. The van der Waals surface area contributed by atoms with E-state index in [1.165, 1.54) is 11.3 Å². The van der Waals surface area contributed by atoms with Gasteiger partial charge in [0, 0.05) is 67.3 Å². The molecule has 0 unspecified atom stereocenters. The minimum atomic E-state index is 0.271. The summed E-state index contributed by atoms with van der Waals surface area (Å²) in [7, 11) is 0. The molecule has 0 spiro atoms. The van der Waals surface area contributed by atoms with Gasteiger partial charge in [-0.25, -0.2) is 9.97 Å². The molecule has 0 saturated carbocycles. The Morgan fingerprint density at radius 1 is 1.15 bits per heavy atom. The Bertz CT molecular complexity index is 1270. The molecule has 0 radical (unpaired) electrons. The van der Waals surface area contributed by atoms with Crippen molar-refractivity contribution in [2.75, 3.05) is 36.4 Å². The van der Waals surface area contributed by atoms with Crippen LogP contribution in [0.5, 0.6) is 0 Å². The SMILES string of the molecule is C[C@@H]1NCCc2cnc(N[C@@H]3C[C@H]4CN(c5ccc(C#N)c6ncccc56)C[C@@H](C)N4C3)nc21. The van der Waals surface area contributed by atoms with E-state index < -0.39 is 0 Å². The highest BCUT2D eigenvalue weighted by molar-refractivity contribution is 5.95. The number of rotatable bonds is 3. The number of benzene rings is 1. The lowest BCUT2D eigenvalue weighted by Gasteiger charge is -2.43. The second kappa shape index (κ2) is 8.49. The fraction of sp³-hybridized carbons (Fsp3) is 0.462. The molecule has 2 saturated heterocycles. The number of nitrogens with zero attached hydrogens (tertiary/aromatic N) is 6. The smallest absolute Gasteiger partial charge is 0.223 e. The fourth-order valence-corrected chi connectivity index (χ4v) is 6.00. The maximum absolute atomic E-state index is 9.50. The second-order valence-electron chi connectivity index (χ2n) is 9.86. The highest BCUT2D eigenvalue weighted by Gasteiger charge is 2.40. The van der Waals surface area contributed by atoms with Crippen molar-refractivity contribution in [2.24, 2.45) is 0 Å². The van der Waals surface area contributed by atoms with Crippen molar-refractivity contribution >= 4 is 22.5 Å². The van der Waals surface area contributed by atoms with E-state index in [9.17, 15) is 5.26 Å². The lowest BCUT2D eigenvalue weighted by atomic mass is 10.0. The number of fused-ring (bicyclic) bond motifs is 3. The van der Waals surface area contributed by atoms with Crippen molar-refractivity contribution in [3.8, 4) is 6.07 Å². The Morgan fingerprint density at radius 3 is 2.94 bits per heavy atom. The van der Waals surface area contributed by atoms with Crippen molar-refractivity contribution in [3.05, 3.63) is 53.5 Å². The molecule has 0 aliphatic carbocycles. The van der Waals surface area contributed by atoms with E-state index in [1.54, 1.807) is 6.20 Å². The van der Waals surface area contributed by atoms with Gasteiger partial charge in [0.2, 0.25) is 5.95 Å². The number of hydrogen-bond donors (Lipinski definition) is 2. The van der Waals surface area contributed by atoms with E-state index >= 15 is 0 Å². The van der Waals surface area contributed by atoms with Gasteiger partial charge < -0.3 is 15.5 Å². The molecule has 1 aromatic carbocycles. The van der Waals surface area contributed by atoms with E-state index in [0.717, 1.165) is 61.6 Å². The first-order chi connectivity index (χ1) is 16.6. The molecular weight excluding hydrogens is 424 g/mol. The fourth-order valence-electron chi connectivity index (χ4n) is 6.00. The first kappa shape index (κ1) is 21.3. The Balaban J connectivity index is 1.21. The molecule has 4 atom stereocenters. The van der Waals surface area contributed by atoms with Crippen LogP contribution in [0.2, 0.25) is 0 Å². The van der Waals surface area contributed by atoms with Gasteiger partial charge in [0.05, 0.1) is 16.8 Å². The highest BCUT2D eigenvalue weighted by Crippen LogP contribution is 2.34. The largest absolute Gasteiger partial charge is 0.368 e. The van der Waals surface area contributed by atoms with Crippen LogP contribution < -0.4 is 15.5 Å². The maximum Gasteiger partial charge on any atom is 0.223 e. The predicted octanol–water partition coefficient (Wildman–Crippen LogP) is 2.87. The summed E-state index contributed by atoms with van der Waals surface area (Å²) in [4.78, 5) is 19.1. The van der Waals surface area contributed by atoms with Gasteiger partial charge in [0.1, 0.15) is 6.07 Å². The Morgan fingerprint density at radius 2 is 2.06 bits per heavy atom. The topological polar surface area (TPSA) is 93.0 Å². The molecule has 34 heavy (non-hydrogen) atoms. The zero-order valence-corrected chi connectivity index (χ0v) is 19.7. The van der Waals surface area contributed by atoms with E-state index in [2.05, 4.69) is 62.5 Å². The lowest BCUT2D eigenvalue weighted by molar-refractivity contribution is 0.166. The third-order valence-corrected chi connectivity index (χ3v) is 7.63. The number of hydrogen-bond acceptors (Lipinski definition) is 8. The van der Waals surface area contributed by atoms with Crippen LogP contribution in [0.15, 0.2) is 36.7 Å². The molecule has 3 aliphatic rings. The summed E-state index contributed by atoms with van der Waals surface area (Å²) in [5, 5.41) is 17.7. The summed E-state index contributed by atoms with van der Waals surface area (Å²) in [6.45, 7) is 8.39. The van der Waals surface area contributed by atoms with Gasteiger partial charge in [-0.2, -0.15) is 5.26 Å². The van der Waals surface area contributed by atoms with Gasteiger partial charge >= 0.3 is 0 Å². The second-order valence-corrected chi connectivity index (χ2v) is 9.86. The van der Waals surface area contributed by atoms with Crippen LogP contribution >= 0.6 is 0 Å². The van der Waals surface area contributed by atoms with E-state index in [-0.39, 0.29) is 6.04 Å². The molecule has 8 heteroatoms. The van der Waals surface area contributed by atoms with Gasteiger partial charge in [-0.1, -0.05) is 0 Å². The summed E-state index contributed by atoms with van der Waals surface area (Å²) < 4.78 is 0. The Labute approximate surface area is 200 Å². The van der Waals surface area contributed by atoms with E-state index in [1.807, 2.05) is 18.3 Å². The van der Waals surface area contributed by atoms with Crippen molar-refractivity contribution < 1.29 is 0 Å². The molecule has 3 aromatic rings. The standard InChI is InChI=1S/C26H30N8/c1-16-13-33(23-6-5-18(11-27)25-22(23)4-3-8-29-25)15-21-10-20(14-34(16)21)31-26-30-12-19-7-9-28-17(2)24(19)32-26/h3-6,8,12,16-17,20-21,28H,7,9-10,13-15H2,1-2H3,(H,30,31,32)/t16-,17+,20-,21+/m1/s1. The first-order valence-corrected chi connectivity index (χ1v) is 12.2. The van der Waals surface area contributed by atoms with E-state index in [0.29, 0.717) is 23.7 Å². The summed E-state index contributed by atoms with van der Waals surface area (Å²) in [6, 6.07) is 11.8. The number of aromatic nitrogens is 3. The van der Waals surface area contributed by atoms with Crippen molar-refractivity contribution in [2.45, 2.75) is 50.9 Å². The highest BCUT2D eigenvalue weighted by atomic mass is 15.3. The van der Waals surface area contributed by atoms with Gasteiger partial charge in [-0.15, -0.1) is 0 Å². The number of nitriles is 1. The van der Waals surface area contributed by atoms with Gasteiger partial charge in [-0.05, 0) is 63.1 Å². The molecule has 3 aliphatic heterocycles. The molecule has 5 heterocycles. The molecule has 0 amide bonds.